The molecule has 0 saturated carbocycles. The number of amides is 1. The Morgan fingerprint density at radius 1 is 1.27 bits per heavy atom. The second-order valence-electron chi connectivity index (χ2n) is 6.20. The number of methoxy groups -OCH3 is 1. The van der Waals surface area contributed by atoms with Crippen LogP contribution in [0.15, 0.2) is 43.0 Å². The van der Waals surface area contributed by atoms with Crippen LogP contribution in [-0.4, -0.2) is 58.4 Å². The largest absolute Gasteiger partial charge is 0.468 e. The maximum atomic E-state index is 12.1. The van der Waals surface area contributed by atoms with E-state index < -0.39 is 18.1 Å². The summed E-state index contributed by atoms with van der Waals surface area (Å²) >= 11 is 0. The number of hydrogen-bond donors (Lipinski definition) is 2. The number of alkyl carbamates (subject to hydrolysis) is 1. The molecule has 0 fully saturated rings. The number of nitrogens with one attached hydrogen (secondary N) is 2. The topological polar surface area (TPSA) is 104 Å². The van der Waals surface area contributed by atoms with E-state index in [-0.39, 0.29) is 26.0 Å². The van der Waals surface area contributed by atoms with E-state index in [9.17, 15) is 9.59 Å². The van der Waals surface area contributed by atoms with Crippen LogP contribution < -0.4 is 15.4 Å². The third-order valence-corrected chi connectivity index (χ3v) is 4.11. The van der Waals surface area contributed by atoms with Crippen molar-refractivity contribution in [2.75, 3.05) is 45.6 Å². The van der Waals surface area contributed by atoms with Crippen LogP contribution >= 0.6 is 0 Å². The highest BCUT2D eigenvalue weighted by Gasteiger charge is 2.32. The van der Waals surface area contributed by atoms with Crippen molar-refractivity contribution >= 4 is 17.7 Å². The van der Waals surface area contributed by atoms with Crippen molar-refractivity contribution in [1.29, 1.82) is 0 Å². The van der Waals surface area contributed by atoms with Gasteiger partial charge in [-0.05, 0) is 25.1 Å². The third kappa shape index (κ3) is 7.09. The zero-order valence-corrected chi connectivity index (χ0v) is 17.2. The van der Waals surface area contributed by atoms with Gasteiger partial charge in [0.05, 0.1) is 31.9 Å². The van der Waals surface area contributed by atoms with Gasteiger partial charge in [0.25, 0.3) is 0 Å². The van der Waals surface area contributed by atoms with Gasteiger partial charge in [-0.1, -0.05) is 18.7 Å². The molecule has 1 aliphatic heterocycles. The first-order valence-electron chi connectivity index (χ1n) is 9.58. The molecule has 0 aromatic heterocycles. The lowest BCUT2D eigenvalue weighted by Crippen LogP contribution is -2.35. The van der Waals surface area contributed by atoms with Gasteiger partial charge in [-0.3, -0.25) is 0 Å². The molecule has 30 heavy (non-hydrogen) atoms. The van der Waals surface area contributed by atoms with Gasteiger partial charge in [-0.25, -0.2) is 9.59 Å². The maximum Gasteiger partial charge on any atom is 0.408 e. The van der Waals surface area contributed by atoms with E-state index in [1.54, 1.807) is 32.2 Å². The van der Waals surface area contributed by atoms with Gasteiger partial charge in [0, 0.05) is 24.4 Å². The second kappa shape index (κ2) is 12.5. The molecule has 1 aliphatic rings. The Morgan fingerprint density at radius 2 is 2.10 bits per heavy atom. The Balaban J connectivity index is 2.12. The first kappa shape index (κ1) is 23.2. The fourth-order valence-electron chi connectivity index (χ4n) is 2.79. The number of anilines is 1. The number of ether oxygens (including phenoxy) is 5. The monoisotopic (exact) mass is 420 g/mol. The number of rotatable bonds is 12. The minimum atomic E-state index is -0.599. The predicted molar refractivity (Wildman–Crippen MR) is 110 cm³/mol. The smallest absolute Gasteiger partial charge is 0.408 e. The van der Waals surface area contributed by atoms with Crippen LogP contribution in [0.5, 0.6) is 5.75 Å². The van der Waals surface area contributed by atoms with Crippen LogP contribution in [0.25, 0.3) is 0 Å². The summed E-state index contributed by atoms with van der Waals surface area (Å²) in [5.41, 5.74) is 1.59. The summed E-state index contributed by atoms with van der Waals surface area (Å²) in [5, 5.41) is 6.08. The fourth-order valence-corrected chi connectivity index (χ4v) is 2.79. The van der Waals surface area contributed by atoms with Gasteiger partial charge in [0.1, 0.15) is 12.4 Å². The molecule has 2 rings (SSSR count). The highest BCUT2D eigenvalue weighted by atomic mass is 16.7. The van der Waals surface area contributed by atoms with Crippen molar-refractivity contribution in [2.45, 2.75) is 19.0 Å². The number of hydrogen-bond acceptors (Lipinski definition) is 8. The molecule has 0 aliphatic carbocycles. The number of fused-ring (bicyclic) bond motifs is 1. The summed E-state index contributed by atoms with van der Waals surface area (Å²) in [6, 6.07) is 4.56. The van der Waals surface area contributed by atoms with Crippen molar-refractivity contribution in [1.82, 2.24) is 5.32 Å². The molecular weight excluding hydrogens is 392 g/mol. The Hall–Kier alpha value is -3.04. The van der Waals surface area contributed by atoms with E-state index >= 15 is 0 Å². The zero-order valence-electron chi connectivity index (χ0n) is 17.2. The normalized spacial score (nSPS) is 17.1. The number of esters is 1. The van der Waals surface area contributed by atoms with E-state index in [0.717, 1.165) is 11.3 Å². The summed E-state index contributed by atoms with van der Waals surface area (Å²) in [4.78, 5) is 23.8. The van der Waals surface area contributed by atoms with E-state index in [1.165, 1.54) is 12.2 Å². The number of carbonyl (C=O) groups excluding carboxylic acids is 2. The minimum Gasteiger partial charge on any atom is -0.468 e. The quantitative estimate of drug-likeness (QED) is 0.175. The second-order valence-corrected chi connectivity index (χ2v) is 6.20. The maximum absolute atomic E-state index is 12.1. The lowest BCUT2D eigenvalue weighted by Gasteiger charge is -2.19. The molecule has 1 amide bonds. The van der Waals surface area contributed by atoms with Gasteiger partial charge < -0.3 is 34.3 Å². The van der Waals surface area contributed by atoms with Crippen LogP contribution in [-0.2, 0) is 23.7 Å². The third-order valence-electron chi connectivity index (χ3n) is 4.11. The summed E-state index contributed by atoms with van der Waals surface area (Å²) in [6.45, 7) is 6.59. The van der Waals surface area contributed by atoms with Crippen LogP contribution in [0.3, 0.4) is 0 Å². The molecule has 9 nitrogen and oxygen atoms in total. The van der Waals surface area contributed by atoms with E-state index in [1.807, 2.05) is 6.07 Å². The van der Waals surface area contributed by atoms with Crippen LogP contribution in [0.4, 0.5) is 10.5 Å². The van der Waals surface area contributed by atoms with Crippen LogP contribution in [0.1, 0.15) is 18.5 Å². The molecule has 0 spiro atoms. The van der Waals surface area contributed by atoms with Gasteiger partial charge in [0.15, 0.2) is 6.79 Å². The number of benzene rings is 1. The van der Waals surface area contributed by atoms with E-state index in [0.29, 0.717) is 19.0 Å². The molecule has 1 aromatic carbocycles. The molecule has 164 valence electrons. The summed E-state index contributed by atoms with van der Waals surface area (Å²) in [5.74, 6) is 0.120. The lowest BCUT2D eigenvalue weighted by molar-refractivity contribution is -0.137. The summed E-state index contributed by atoms with van der Waals surface area (Å²) < 4.78 is 25.8. The van der Waals surface area contributed by atoms with E-state index in [2.05, 4.69) is 17.2 Å². The average Bonchev–Trinajstić information content (AvgIpc) is 3.07. The van der Waals surface area contributed by atoms with Gasteiger partial charge in [-0.2, -0.15) is 0 Å². The lowest BCUT2D eigenvalue weighted by atomic mass is 10.0. The molecule has 9 heteroatoms. The van der Waals surface area contributed by atoms with Crippen molar-refractivity contribution in [3.8, 4) is 5.75 Å². The van der Waals surface area contributed by atoms with Crippen molar-refractivity contribution in [2.24, 2.45) is 0 Å². The summed E-state index contributed by atoms with van der Waals surface area (Å²) in [6.07, 6.45) is 3.86. The standard InChI is InChI=1S/C21H28N2O7/c1-4-10-29-21(25)23-20-16-13-15(30-14-27-12-11-26-3)6-7-17(16)22-18(20)8-9-19(24)28-5-2/h4,6-9,13,18,20,22H,1,5,10-12,14H2,2-3H3,(H,23,25)/t18-,20+/m1/s1. The Bertz CT molecular complexity index is 751. The molecule has 2 N–H and O–H groups in total. The van der Waals surface area contributed by atoms with E-state index in [4.69, 9.17) is 23.7 Å². The predicted octanol–water partition coefficient (Wildman–Crippen LogP) is 2.55. The highest BCUT2D eigenvalue weighted by Crippen LogP contribution is 2.37. The minimum absolute atomic E-state index is 0.0707. The molecule has 0 radical (unpaired) electrons. The fraction of sp³-hybridized carbons (Fsp3) is 0.429. The molecular formula is C21H28N2O7. The Labute approximate surface area is 176 Å². The molecule has 0 saturated heterocycles. The van der Waals surface area contributed by atoms with Crippen LogP contribution in [0, 0.1) is 0 Å². The van der Waals surface area contributed by atoms with Crippen LogP contribution in [0.2, 0.25) is 0 Å². The zero-order chi connectivity index (χ0) is 21.8. The summed E-state index contributed by atoms with van der Waals surface area (Å²) in [7, 11) is 1.59. The molecule has 1 aromatic rings. The SMILES string of the molecule is C=CCOC(=O)N[C@H]1c2cc(OCOCCOC)ccc2N[C@@H]1C=CC(=O)OCC. The van der Waals surface area contributed by atoms with Gasteiger partial charge in [-0.15, -0.1) is 0 Å². The molecule has 0 bridgehead atoms. The first-order chi connectivity index (χ1) is 14.6. The Kier molecular flexibility index (Phi) is 9.69. The molecule has 0 unspecified atom stereocenters. The highest BCUT2D eigenvalue weighted by molar-refractivity contribution is 5.82. The molecule has 1 heterocycles. The van der Waals surface area contributed by atoms with Crippen molar-refractivity contribution in [3.63, 3.8) is 0 Å². The first-order valence-corrected chi connectivity index (χ1v) is 9.58. The average molecular weight is 420 g/mol. The van der Waals surface area contributed by atoms with Crippen molar-refractivity contribution < 1.29 is 33.3 Å². The Morgan fingerprint density at radius 3 is 2.83 bits per heavy atom. The molecule has 2 atom stereocenters. The van der Waals surface area contributed by atoms with Gasteiger partial charge >= 0.3 is 12.1 Å². The number of carbonyl (C=O) groups is 2. The van der Waals surface area contributed by atoms with Gasteiger partial charge in [0.2, 0.25) is 0 Å². The van der Waals surface area contributed by atoms with Crippen molar-refractivity contribution in [3.05, 3.63) is 48.6 Å².